The van der Waals surface area contributed by atoms with Crippen molar-refractivity contribution in [3.05, 3.63) is 11.8 Å². The molecule has 0 aromatic carbocycles. The number of aldehydes is 1. The molecule has 0 amide bonds. The molecule has 1 heterocycles. The van der Waals surface area contributed by atoms with Crippen molar-refractivity contribution >= 4 is 6.29 Å². The van der Waals surface area contributed by atoms with E-state index in [1.165, 1.54) is 0 Å². The van der Waals surface area contributed by atoms with E-state index in [0.717, 1.165) is 12.8 Å². The van der Waals surface area contributed by atoms with E-state index >= 15 is 0 Å². The topological polar surface area (TPSA) is 46.5 Å². The molecule has 0 aliphatic carbocycles. The molecule has 1 rings (SSSR count). The summed E-state index contributed by atoms with van der Waals surface area (Å²) in [6.45, 7) is 2.24. The summed E-state index contributed by atoms with van der Waals surface area (Å²) in [6.07, 6.45) is 4.57. The Labute approximate surface area is 72.0 Å². The van der Waals surface area contributed by atoms with E-state index < -0.39 is 5.60 Å². The molecule has 3 heteroatoms. The van der Waals surface area contributed by atoms with Crippen molar-refractivity contribution in [2.45, 2.75) is 31.8 Å². The van der Waals surface area contributed by atoms with Crippen molar-refractivity contribution in [3.8, 4) is 0 Å². The lowest BCUT2D eigenvalue weighted by molar-refractivity contribution is -0.112. The lowest BCUT2D eigenvalue weighted by Crippen LogP contribution is -2.30. The Kier molecular flexibility index (Phi) is 2.87. The van der Waals surface area contributed by atoms with Crippen molar-refractivity contribution < 1.29 is 14.6 Å². The highest BCUT2D eigenvalue weighted by Crippen LogP contribution is 2.24. The number of ether oxygens (including phenoxy) is 1. The molecular weight excluding hydrogens is 156 g/mol. The molecule has 0 bridgehead atoms. The van der Waals surface area contributed by atoms with Crippen LogP contribution in [0.4, 0.5) is 0 Å². The van der Waals surface area contributed by atoms with Crippen LogP contribution in [0.1, 0.15) is 26.2 Å². The molecule has 68 valence electrons. The third kappa shape index (κ3) is 2.08. The van der Waals surface area contributed by atoms with Crippen LogP contribution in [0.15, 0.2) is 11.8 Å². The maximum Gasteiger partial charge on any atom is 0.125 e. The molecule has 0 saturated carbocycles. The van der Waals surface area contributed by atoms with Crippen molar-refractivity contribution in [1.82, 2.24) is 0 Å². The molecule has 0 aromatic rings. The summed E-state index contributed by atoms with van der Waals surface area (Å²) in [5.41, 5.74) is -1.11. The van der Waals surface area contributed by atoms with E-state index in [-0.39, 0.29) is 6.42 Å². The first-order valence-electron chi connectivity index (χ1n) is 4.16. The van der Waals surface area contributed by atoms with E-state index in [2.05, 4.69) is 0 Å². The fourth-order valence-corrected chi connectivity index (χ4v) is 1.20. The number of hydrogen-bond acceptors (Lipinski definition) is 3. The summed E-state index contributed by atoms with van der Waals surface area (Å²) in [5.74, 6) is 0.542. The fourth-order valence-electron chi connectivity index (χ4n) is 1.20. The zero-order valence-electron chi connectivity index (χ0n) is 7.25. The lowest BCUT2D eigenvalue weighted by Gasteiger charge is -2.26. The highest BCUT2D eigenvalue weighted by Gasteiger charge is 2.27. The molecule has 0 fully saturated rings. The summed E-state index contributed by atoms with van der Waals surface area (Å²) >= 11 is 0. The average Bonchev–Trinajstić information content (AvgIpc) is 2.06. The molecular formula is C9H14O3. The maximum atomic E-state index is 10.2. The molecule has 1 aliphatic heterocycles. The molecule has 0 saturated heterocycles. The van der Waals surface area contributed by atoms with E-state index in [1.54, 1.807) is 6.92 Å². The van der Waals surface area contributed by atoms with Gasteiger partial charge in [0.25, 0.3) is 0 Å². The van der Waals surface area contributed by atoms with E-state index in [4.69, 9.17) is 4.74 Å². The van der Waals surface area contributed by atoms with Gasteiger partial charge < -0.3 is 14.6 Å². The van der Waals surface area contributed by atoms with Gasteiger partial charge in [-0.1, -0.05) is 0 Å². The molecule has 0 radical (unpaired) electrons. The lowest BCUT2D eigenvalue weighted by atomic mass is 9.98. The van der Waals surface area contributed by atoms with Crippen LogP contribution in [0.5, 0.6) is 0 Å². The second-order valence-electron chi connectivity index (χ2n) is 3.20. The number of hydrogen-bond donors (Lipinski definition) is 1. The number of aliphatic hydroxyl groups is 1. The van der Waals surface area contributed by atoms with Gasteiger partial charge in [0.1, 0.15) is 17.6 Å². The molecule has 0 aromatic heterocycles. The highest BCUT2D eigenvalue weighted by molar-refractivity contribution is 5.52. The van der Waals surface area contributed by atoms with Gasteiger partial charge >= 0.3 is 0 Å². The van der Waals surface area contributed by atoms with Gasteiger partial charge in [-0.3, -0.25) is 0 Å². The van der Waals surface area contributed by atoms with Gasteiger partial charge in [0, 0.05) is 6.42 Å². The summed E-state index contributed by atoms with van der Waals surface area (Å²) in [7, 11) is 0. The van der Waals surface area contributed by atoms with Gasteiger partial charge in [0.15, 0.2) is 0 Å². The smallest absolute Gasteiger partial charge is 0.125 e. The monoisotopic (exact) mass is 170 g/mol. The van der Waals surface area contributed by atoms with Gasteiger partial charge in [0.2, 0.25) is 0 Å². The predicted molar refractivity (Wildman–Crippen MR) is 44.6 cm³/mol. The Balaban J connectivity index is 2.65. The molecule has 3 nitrogen and oxygen atoms in total. The first kappa shape index (κ1) is 9.26. The number of carbonyl (C=O) groups excluding carboxylic acids is 1. The van der Waals surface area contributed by atoms with Gasteiger partial charge in [-0.25, -0.2) is 0 Å². The third-order valence-electron chi connectivity index (χ3n) is 1.95. The third-order valence-corrected chi connectivity index (χ3v) is 1.95. The van der Waals surface area contributed by atoms with E-state index in [9.17, 15) is 9.90 Å². The van der Waals surface area contributed by atoms with Crippen LogP contribution >= 0.6 is 0 Å². The van der Waals surface area contributed by atoms with Gasteiger partial charge in [-0.15, -0.1) is 0 Å². The van der Waals surface area contributed by atoms with Crippen molar-refractivity contribution in [3.63, 3.8) is 0 Å². The molecule has 0 spiro atoms. The minimum atomic E-state index is -1.11. The Bertz CT molecular complexity index is 194. The second kappa shape index (κ2) is 3.72. The Morgan fingerprint density at radius 3 is 3.08 bits per heavy atom. The molecule has 12 heavy (non-hydrogen) atoms. The second-order valence-corrected chi connectivity index (χ2v) is 3.20. The van der Waals surface area contributed by atoms with Crippen LogP contribution in [0.25, 0.3) is 0 Å². The van der Waals surface area contributed by atoms with E-state index in [1.807, 2.05) is 6.08 Å². The zero-order chi connectivity index (χ0) is 9.03. The van der Waals surface area contributed by atoms with Crippen LogP contribution < -0.4 is 0 Å². The van der Waals surface area contributed by atoms with Gasteiger partial charge in [0.05, 0.1) is 6.61 Å². The number of carbonyl (C=O) groups is 1. The predicted octanol–water partition coefficient (Wildman–Crippen LogP) is 1.02. The molecule has 1 N–H and O–H groups in total. The van der Waals surface area contributed by atoms with Gasteiger partial charge in [-0.05, 0) is 25.8 Å². The maximum absolute atomic E-state index is 10.2. The Morgan fingerprint density at radius 1 is 1.83 bits per heavy atom. The quantitative estimate of drug-likeness (QED) is 0.643. The normalized spacial score (nSPS) is 22.0. The zero-order valence-corrected chi connectivity index (χ0v) is 7.25. The summed E-state index contributed by atoms with van der Waals surface area (Å²) in [5, 5.41) is 9.71. The number of rotatable bonds is 3. The van der Waals surface area contributed by atoms with Crippen molar-refractivity contribution in [2.24, 2.45) is 0 Å². The minimum absolute atomic E-state index is 0.0961. The number of allylic oxidation sites excluding steroid dienone is 1. The highest BCUT2D eigenvalue weighted by atomic mass is 16.5. The fraction of sp³-hybridized carbons (Fsp3) is 0.667. The first-order valence-corrected chi connectivity index (χ1v) is 4.16. The van der Waals surface area contributed by atoms with Crippen LogP contribution in [0.3, 0.4) is 0 Å². The summed E-state index contributed by atoms with van der Waals surface area (Å²) in [6, 6.07) is 0. The van der Waals surface area contributed by atoms with Crippen molar-refractivity contribution in [1.29, 1.82) is 0 Å². The molecule has 1 unspecified atom stereocenters. The SMILES string of the molecule is CC(O)(CC=O)C1=CCCCO1. The van der Waals surface area contributed by atoms with Crippen LogP contribution in [0, 0.1) is 0 Å². The Morgan fingerprint density at radius 2 is 2.58 bits per heavy atom. The first-order chi connectivity index (χ1) is 5.67. The average molecular weight is 170 g/mol. The van der Waals surface area contributed by atoms with E-state index in [0.29, 0.717) is 18.7 Å². The van der Waals surface area contributed by atoms with Crippen LogP contribution in [0.2, 0.25) is 0 Å². The van der Waals surface area contributed by atoms with Gasteiger partial charge in [-0.2, -0.15) is 0 Å². The standard InChI is InChI=1S/C9H14O3/c1-9(11,5-6-10)8-4-2-3-7-12-8/h4,6,11H,2-3,5,7H2,1H3. The molecule has 1 atom stereocenters. The van der Waals surface area contributed by atoms with Crippen molar-refractivity contribution in [2.75, 3.05) is 6.61 Å². The largest absolute Gasteiger partial charge is 0.495 e. The van der Waals surface area contributed by atoms with Crippen LogP contribution in [-0.4, -0.2) is 23.6 Å². The summed E-state index contributed by atoms with van der Waals surface area (Å²) in [4.78, 5) is 10.2. The summed E-state index contributed by atoms with van der Waals surface area (Å²) < 4.78 is 5.25. The minimum Gasteiger partial charge on any atom is -0.495 e. The van der Waals surface area contributed by atoms with Crippen LogP contribution in [-0.2, 0) is 9.53 Å². The Hall–Kier alpha value is -0.830. The molecule has 1 aliphatic rings.